The molecule has 0 fully saturated rings. The summed E-state index contributed by atoms with van der Waals surface area (Å²) in [6.07, 6.45) is 2.48. The van der Waals surface area contributed by atoms with Crippen LogP contribution in [0.15, 0.2) is 68.4 Å². The van der Waals surface area contributed by atoms with E-state index in [1.807, 2.05) is 31.2 Å². The standard InChI is InChI=1S/C29H29NO6/c1-17(2)11-13-35-23-10-8-19(15-24(23)33-4)26-25-27(31)21-14-18(3)7-9-22(21)36-28(25)29(32)30(26)16-20-6-5-12-34-20/h5-10,12,14-15,17,26H,11,13,16H2,1-4H3/t26-/m0/s1. The van der Waals surface area contributed by atoms with Gasteiger partial charge in [-0.25, -0.2) is 0 Å². The van der Waals surface area contributed by atoms with Crippen LogP contribution >= 0.6 is 0 Å². The molecule has 186 valence electrons. The molecule has 7 heteroatoms. The van der Waals surface area contributed by atoms with E-state index in [0.717, 1.165) is 17.5 Å². The van der Waals surface area contributed by atoms with Crippen LogP contribution in [0.3, 0.4) is 0 Å². The lowest BCUT2D eigenvalue weighted by Gasteiger charge is -2.25. The fourth-order valence-corrected chi connectivity index (χ4v) is 4.59. The smallest absolute Gasteiger partial charge is 0.291 e. The van der Waals surface area contributed by atoms with Gasteiger partial charge < -0.3 is 23.2 Å². The van der Waals surface area contributed by atoms with Crippen LogP contribution in [-0.4, -0.2) is 24.5 Å². The number of ether oxygens (including phenoxy) is 2. The first kappa shape index (κ1) is 23.7. The van der Waals surface area contributed by atoms with E-state index in [1.165, 1.54) is 0 Å². The lowest BCUT2D eigenvalue weighted by molar-refractivity contribution is 0.0701. The summed E-state index contributed by atoms with van der Waals surface area (Å²) < 4.78 is 23.1. The van der Waals surface area contributed by atoms with E-state index in [-0.39, 0.29) is 23.6 Å². The number of methoxy groups -OCH3 is 1. The second kappa shape index (κ2) is 9.57. The topological polar surface area (TPSA) is 82.1 Å². The summed E-state index contributed by atoms with van der Waals surface area (Å²) in [4.78, 5) is 29.0. The van der Waals surface area contributed by atoms with Gasteiger partial charge in [-0.2, -0.15) is 0 Å². The summed E-state index contributed by atoms with van der Waals surface area (Å²) in [6.45, 7) is 6.95. The van der Waals surface area contributed by atoms with Crippen molar-refractivity contribution in [1.29, 1.82) is 0 Å². The van der Waals surface area contributed by atoms with E-state index in [1.54, 1.807) is 42.5 Å². The number of hydrogen-bond donors (Lipinski definition) is 0. The minimum Gasteiger partial charge on any atom is -0.493 e. The minimum absolute atomic E-state index is 0.0594. The van der Waals surface area contributed by atoms with Crippen molar-refractivity contribution in [2.24, 2.45) is 5.92 Å². The fourth-order valence-electron chi connectivity index (χ4n) is 4.59. The minimum atomic E-state index is -0.669. The number of benzene rings is 2. The van der Waals surface area contributed by atoms with Gasteiger partial charge in [0, 0.05) is 0 Å². The van der Waals surface area contributed by atoms with Gasteiger partial charge in [-0.05, 0) is 61.2 Å². The highest BCUT2D eigenvalue weighted by molar-refractivity contribution is 5.99. The number of aryl methyl sites for hydroxylation is 1. The number of carbonyl (C=O) groups is 1. The lowest BCUT2D eigenvalue weighted by Crippen LogP contribution is -2.29. The summed E-state index contributed by atoms with van der Waals surface area (Å²) in [6, 6.07) is 13.8. The molecule has 2 aromatic heterocycles. The number of rotatable bonds is 8. The molecule has 0 unspecified atom stereocenters. The Morgan fingerprint density at radius 3 is 2.61 bits per heavy atom. The van der Waals surface area contributed by atoms with Crippen LogP contribution in [0.2, 0.25) is 0 Å². The number of hydrogen-bond acceptors (Lipinski definition) is 6. The van der Waals surface area contributed by atoms with Crippen molar-refractivity contribution in [3.8, 4) is 11.5 Å². The van der Waals surface area contributed by atoms with E-state index in [4.69, 9.17) is 18.3 Å². The Morgan fingerprint density at radius 2 is 1.89 bits per heavy atom. The molecule has 0 saturated carbocycles. The third-order valence-corrected chi connectivity index (χ3v) is 6.48. The molecule has 1 amide bonds. The van der Waals surface area contributed by atoms with E-state index < -0.39 is 6.04 Å². The summed E-state index contributed by atoms with van der Waals surface area (Å²) in [7, 11) is 1.58. The zero-order valence-corrected chi connectivity index (χ0v) is 20.9. The largest absolute Gasteiger partial charge is 0.493 e. The highest BCUT2D eigenvalue weighted by atomic mass is 16.5. The molecule has 1 aliphatic rings. The predicted molar refractivity (Wildman–Crippen MR) is 136 cm³/mol. The van der Waals surface area contributed by atoms with Crippen LogP contribution < -0.4 is 14.9 Å². The van der Waals surface area contributed by atoms with Crippen molar-refractivity contribution >= 4 is 16.9 Å². The molecule has 36 heavy (non-hydrogen) atoms. The maximum Gasteiger partial charge on any atom is 0.291 e. The zero-order valence-electron chi connectivity index (χ0n) is 20.9. The molecule has 4 aromatic rings. The molecule has 0 spiro atoms. The highest BCUT2D eigenvalue weighted by Crippen LogP contribution is 2.41. The van der Waals surface area contributed by atoms with Crippen molar-refractivity contribution in [2.45, 2.75) is 39.8 Å². The summed E-state index contributed by atoms with van der Waals surface area (Å²) in [5, 5.41) is 0.451. The molecular formula is C29H29NO6. The van der Waals surface area contributed by atoms with E-state index in [2.05, 4.69) is 13.8 Å². The van der Waals surface area contributed by atoms with Gasteiger partial charge in [-0.15, -0.1) is 0 Å². The number of amides is 1. The average Bonchev–Trinajstić information content (AvgIpc) is 3.47. The van der Waals surface area contributed by atoms with Crippen LogP contribution in [-0.2, 0) is 6.54 Å². The molecule has 1 aliphatic heterocycles. The van der Waals surface area contributed by atoms with Crippen LogP contribution in [0.25, 0.3) is 11.0 Å². The van der Waals surface area contributed by atoms with E-state index in [9.17, 15) is 9.59 Å². The first-order valence-corrected chi connectivity index (χ1v) is 12.1. The molecule has 0 saturated heterocycles. The maximum atomic E-state index is 13.8. The van der Waals surface area contributed by atoms with E-state index >= 15 is 0 Å². The van der Waals surface area contributed by atoms with Gasteiger partial charge in [-0.3, -0.25) is 9.59 Å². The Hall–Kier alpha value is -4.00. The van der Waals surface area contributed by atoms with Gasteiger partial charge >= 0.3 is 0 Å². The monoisotopic (exact) mass is 487 g/mol. The van der Waals surface area contributed by atoms with Crippen molar-refractivity contribution in [3.05, 3.63) is 93.2 Å². The molecule has 0 radical (unpaired) electrons. The molecular weight excluding hydrogens is 458 g/mol. The molecule has 7 nitrogen and oxygen atoms in total. The SMILES string of the molecule is COc1cc([C@H]2c3c(oc4ccc(C)cc4c3=O)C(=O)N2Cc2ccco2)ccc1OCCC(C)C. The van der Waals surface area contributed by atoms with Crippen molar-refractivity contribution in [3.63, 3.8) is 0 Å². The lowest BCUT2D eigenvalue weighted by atomic mass is 9.97. The van der Waals surface area contributed by atoms with Gasteiger partial charge in [-0.1, -0.05) is 31.5 Å². The number of nitrogens with zero attached hydrogens (tertiary/aromatic N) is 1. The summed E-state index contributed by atoms with van der Waals surface area (Å²) in [5.41, 5.74) is 2.16. The second-order valence-electron chi connectivity index (χ2n) is 9.53. The summed E-state index contributed by atoms with van der Waals surface area (Å²) >= 11 is 0. The predicted octanol–water partition coefficient (Wildman–Crippen LogP) is 5.87. The molecule has 3 heterocycles. The molecule has 2 aromatic carbocycles. The Balaban J connectivity index is 1.63. The number of carbonyl (C=O) groups excluding carboxylic acids is 1. The quantitative estimate of drug-likeness (QED) is 0.309. The molecule has 1 atom stereocenters. The average molecular weight is 488 g/mol. The Morgan fingerprint density at radius 1 is 1.06 bits per heavy atom. The maximum absolute atomic E-state index is 13.8. The number of fused-ring (bicyclic) bond motifs is 2. The molecule has 5 rings (SSSR count). The molecule has 0 bridgehead atoms. The van der Waals surface area contributed by atoms with Gasteiger partial charge in [0.25, 0.3) is 5.91 Å². The van der Waals surface area contributed by atoms with Crippen molar-refractivity contribution in [1.82, 2.24) is 4.90 Å². The zero-order chi connectivity index (χ0) is 25.4. The highest BCUT2D eigenvalue weighted by Gasteiger charge is 2.43. The first-order valence-electron chi connectivity index (χ1n) is 12.1. The normalized spacial score (nSPS) is 15.1. The van der Waals surface area contributed by atoms with Gasteiger partial charge in [0.2, 0.25) is 5.76 Å². The van der Waals surface area contributed by atoms with Gasteiger partial charge in [0.1, 0.15) is 11.3 Å². The van der Waals surface area contributed by atoms with Crippen LogP contribution in [0.1, 0.15) is 59.3 Å². The molecule has 0 aliphatic carbocycles. The van der Waals surface area contributed by atoms with Gasteiger partial charge in [0.15, 0.2) is 16.9 Å². The van der Waals surface area contributed by atoms with Crippen molar-refractivity contribution < 1.29 is 23.1 Å². The Kier molecular flexibility index (Phi) is 6.31. The third kappa shape index (κ3) is 4.26. The Labute approximate surface area is 209 Å². The van der Waals surface area contributed by atoms with Gasteiger partial charge in [0.05, 0.1) is 43.5 Å². The first-order chi connectivity index (χ1) is 17.4. The van der Waals surface area contributed by atoms with Crippen LogP contribution in [0.4, 0.5) is 0 Å². The van der Waals surface area contributed by atoms with E-state index in [0.29, 0.717) is 46.3 Å². The molecule has 0 N–H and O–H groups in total. The van der Waals surface area contributed by atoms with Crippen LogP contribution in [0.5, 0.6) is 11.5 Å². The number of furan rings is 1. The second-order valence-corrected chi connectivity index (χ2v) is 9.53. The fraction of sp³-hybridized carbons (Fsp3) is 0.310. The van der Waals surface area contributed by atoms with Crippen LogP contribution in [0, 0.1) is 12.8 Å². The summed E-state index contributed by atoms with van der Waals surface area (Å²) in [5.74, 6) is 1.98. The van der Waals surface area contributed by atoms with Crippen molar-refractivity contribution in [2.75, 3.05) is 13.7 Å². The third-order valence-electron chi connectivity index (χ3n) is 6.48. The Bertz CT molecular complexity index is 1470.